The van der Waals surface area contributed by atoms with Crippen molar-refractivity contribution in [3.05, 3.63) is 118 Å². The molecule has 3 aromatic carbocycles. The smallest absolute Gasteiger partial charge is 0.293 e. The molecule has 3 aromatic heterocycles. The molecule has 13 rings (SSSR count). The van der Waals surface area contributed by atoms with E-state index in [1.807, 2.05) is 57.3 Å². The topological polar surface area (TPSA) is 239 Å². The molecule has 0 radical (unpaired) electrons. The number of aromatic nitrogens is 3. The third kappa shape index (κ3) is 11.6. The number of nitrogens with one attached hydrogen (secondary N) is 3. The second-order valence-corrected chi connectivity index (χ2v) is 27.8. The van der Waals surface area contributed by atoms with Gasteiger partial charge in [0.2, 0.25) is 5.88 Å². The third-order valence-electron chi connectivity index (χ3n) is 19.0. The molecule has 2 saturated carbocycles. The van der Waals surface area contributed by atoms with Crippen LogP contribution in [0.1, 0.15) is 120 Å². The van der Waals surface area contributed by atoms with Crippen molar-refractivity contribution in [2.75, 3.05) is 74.2 Å². The van der Waals surface area contributed by atoms with Crippen LogP contribution in [0, 0.1) is 21.4 Å². The summed E-state index contributed by atoms with van der Waals surface area (Å²) in [6.45, 7) is 16.5. The molecule has 86 heavy (non-hydrogen) atoms. The fraction of sp³-hybridized carbons (Fsp3) is 0.516. The minimum absolute atomic E-state index is 0.0200. The number of aromatic amines is 1. The van der Waals surface area contributed by atoms with E-state index in [9.17, 15) is 28.4 Å². The molecule has 2 aliphatic carbocycles. The average Bonchev–Trinajstić information content (AvgIpc) is 1.08. The summed E-state index contributed by atoms with van der Waals surface area (Å²) < 4.78 is 62.5. The Hall–Kier alpha value is -7.24. The molecule has 3 saturated heterocycles. The maximum atomic E-state index is 14.9. The zero-order valence-corrected chi connectivity index (χ0v) is 50.4. The summed E-state index contributed by atoms with van der Waals surface area (Å²) in [4.78, 5) is 48.6. The molecule has 0 bridgehead atoms. The number of amides is 1. The predicted octanol–water partition coefficient (Wildman–Crippen LogP) is 9.67. The number of fused-ring (bicyclic) bond motifs is 4. The molecule has 5 fully saturated rings. The van der Waals surface area contributed by atoms with Gasteiger partial charge in [-0.25, -0.2) is 18.1 Å². The van der Waals surface area contributed by atoms with E-state index in [4.69, 9.17) is 28.7 Å². The van der Waals surface area contributed by atoms with Crippen LogP contribution in [0.3, 0.4) is 0 Å². The van der Waals surface area contributed by atoms with Crippen molar-refractivity contribution >= 4 is 55.4 Å². The number of carbonyl (C=O) groups is 1. The fourth-order valence-electron chi connectivity index (χ4n) is 14.3. The van der Waals surface area contributed by atoms with Crippen molar-refractivity contribution in [3.8, 4) is 23.3 Å². The summed E-state index contributed by atoms with van der Waals surface area (Å²) in [7, 11) is -4.66. The number of hydrogen-bond acceptors (Lipinski definition) is 18. The van der Waals surface area contributed by atoms with Gasteiger partial charge in [0.25, 0.3) is 27.5 Å². The Morgan fingerprint density at radius 2 is 1.74 bits per heavy atom. The Morgan fingerprint density at radius 1 is 0.942 bits per heavy atom. The van der Waals surface area contributed by atoms with Crippen LogP contribution in [0.2, 0.25) is 0 Å². The number of nitrogens with zero attached hydrogens (tertiary/aromatic N) is 7. The molecule has 456 valence electrons. The van der Waals surface area contributed by atoms with Gasteiger partial charge in [0.1, 0.15) is 41.1 Å². The number of hydrogen-bond donors (Lipinski definition) is 4. The van der Waals surface area contributed by atoms with Gasteiger partial charge in [-0.1, -0.05) is 18.2 Å². The molecule has 3 atom stereocenters. The summed E-state index contributed by atoms with van der Waals surface area (Å²) in [6.07, 6.45) is 10.6. The molecule has 0 unspecified atom stereocenters. The maximum Gasteiger partial charge on any atom is 0.293 e. The first-order valence-electron chi connectivity index (χ1n) is 30.5. The number of piperidine rings is 1. The summed E-state index contributed by atoms with van der Waals surface area (Å²) in [5.74, 6) is 1.84. The number of nitro groups is 1. The first-order valence-corrected chi connectivity index (χ1v) is 32.0. The Bertz CT molecular complexity index is 3640. The van der Waals surface area contributed by atoms with Crippen molar-refractivity contribution in [3.63, 3.8) is 0 Å². The van der Waals surface area contributed by atoms with Crippen LogP contribution in [-0.2, 0) is 21.3 Å². The number of pyridine rings is 2. The minimum Gasteiger partial charge on any atom is -0.491 e. The Labute approximate surface area is 501 Å². The molecule has 8 heterocycles. The van der Waals surface area contributed by atoms with Crippen LogP contribution in [0.4, 0.5) is 28.4 Å². The lowest BCUT2D eigenvalue weighted by atomic mass is 9.59. The van der Waals surface area contributed by atoms with E-state index in [0.29, 0.717) is 80.4 Å². The second-order valence-electron chi connectivity index (χ2n) is 26.1. The summed E-state index contributed by atoms with van der Waals surface area (Å²) >= 11 is 0. The Morgan fingerprint density at radius 3 is 2.53 bits per heavy atom. The molecule has 1 spiro atoms. The fourth-order valence-corrected chi connectivity index (χ4v) is 15.3. The van der Waals surface area contributed by atoms with Gasteiger partial charge >= 0.3 is 0 Å². The number of anilines is 4. The number of sulfonamides is 1. The van der Waals surface area contributed by atoms with Crippen molar-refractivity contribution in [1.82, 2.24) is 29.5 Å². The summed E-state index contributed by atoms with van der Waals surface area (Å²) in [6, 6.07) is 23.8. The van der Waals surface area contributed by atoms with Gasteiger partial charge in [-0.3, -0.25) is 24.7 Å². The normalized spacial score (nSPS) is 24.8. The molecule has 7 aliphatic rings. The van der Waals surface area contributed by atoms with E-state index in [0.717, 1.165) is 105 Å². The molecule has 22 heteroatoms. The van der Waals surface area contributed by atoms with Gasteiger partial charge in [0.05, 0.1) is 51.5 Å². The summed E-state index contributed by atoms with van der Waals surface area (Å²) in [5, 5.41) is 26.9. The van der Waals surface area contributed by atoms with E-state index in [-0.39, 0.29) is 47.4 Å². The zero-order chi connectivity index (χ0) is 59.7. The number of para-hydroxylation sites is 1. The van der Waals surface area contributed by atoms with Crippen molar-refractivity contribution in [2.24, 2.45) is 11.3 Å². The van der Waals surface area contributed by atoms with Gasteiger partial charge in [-0.05, 0) is 158 Å². The lowest BCUT2D eigenvalue weighted by Gasteiger charge is -2.58. The number of benzene rings is 3. The van der Waals surface area contributed by atoms with Crippen LogP contribution in [0.25, 0.3) is 11.0 Å². The van der Waals surface area contributed by atoms with E-state index in [1.165, 1.54) is 17.7 Å². The highest BCUT2D eigenvalue weighted by atomic mass is 32.2. The Balaban J connectivity index is 0.753. The van der Waals surface area contributed by atoms with E-state index < -0.39 is 48.7 Å². The number of carbonyl (C=O) groups excluding carboxylic acids is 1. The first-order chi connectivity index (χ1) is 41.3. The van der Waals surface area contributed by atoms with Crippen LogP contribution in [0.5, 0.6) is 23.3 Å². The largest absolute Gasteiger partial charge is 0.491 e. The summed E-state index contributed by atoms with van der Waals surface area (Å²) in [5.41, 5.74) is 3.71. The number of aliphatic hydroxyl groups is 1. The molecule has 1 amide bonds. The number of ether oxygens (including phenoxy) is 5. The monoisotopic (exact) mass is 1190 g/mol. The van der Waals surface area contributed by atoms with Gasteiger partial charge in [0.15, 0.2) is 5.75 Å². The maximum absolute atomic E-state index is 14.9. The van der Waals surface area contributed by atoms with E-state index in [2.05, 4.69) is 77.7 Å². The lowest BCUT2D eigenvalue weighted by molar-refractivity contribution is -0.384. The van der Waals surface area contributed by atoms with Gasteiger partial charge in [-0.2, -0.15) is 4.98 Å². The minimum atomic E-state index is -4.66. The van der Waals surface area contributed by atoms with Gasteiger partial charge in [-0.15, -0.1) is 0 Å². The number of H-pyrrole nitrogens is 1. The van der Waals surface area contributed by atoms with E-state index in [1.54, 1.807) is 12.3 Å². The van der Waals surface area contributed by atoms with Crippen molar-refractivity contribution in [1.29, 1.82) is 0 Å². The van der Waals surface area contributed by atoms with E-state index >= 15 is 0 Å². The predicted molar refractivity (Wildman–Crippen MR) is 325 cm³/mol. The first kappa shape index (κ1) is 57.8. The van der Waals surface area contributed by atoms with Gasteiger partial charge < -0.3 is 48.9 Å². The number of piperazine rings is 1. The van der Waals surface area contributed by atoms with Crippen LogP contribution in [0.15, 0.2) is 96.2 Å². The Kier molecular flexibility index (Phi) is 15.3. The molecule has 6 aromatic rings. The van der Waals surface area contributed by atoms with Crippen LogP contribution in [-0.4, -0.2) is 144 Å². The lowest BCUT2D eigenvalue weighted by Crippen LogP contribution is -2.59. The third-order valence-corrected chi connectivity index (χ3v) is 20.3. The highest BCUT2D eigenvalue weighted by Gasteiger charge is 2.51. The zero-order valence-electron chi connectivity index (χ0n) is 49.6. The quantitative estimate of drug-likeness (QED) is 0.0553. The average molecular weight is 1200 g/mol. The van der Waals surface area contributed by atoms with Crippen molar-refractivity contribution < 1.29 is 46.9 Å². The molecular weight excluding hydrogens is 1120 g/mol. The highest BCUT2D eigenvalue weighted by Crippen LogP contribution is 2.54. The number of nitro benzene ring substituents is 1. The van der Waals surface area contributed by atoms with Crippen molar-refractivity contribution in [2.45, 2.75) is 145 Å². The second kappa shape index (κ2) is 22.8. The van der Waals surface area contributed by atoms with Crippen LogP contribution >= 0.6 is 0 Å². The SMILES string of the molecule is CC(C)Oc1ccccc1[C@H]1CN(Cc2ccnc3c2OCC(C)(C)O3)CCN1C1CC2(CCN(c3ccc(C(=O)NS(=O)(=O)c4ccc(NC[C@H]5CC[C@](C)(O)CC5)c([N+](=O)[O-])c4)c(N4c5cc6cc[nH]c6nc5O[C@H]5COCC[C@@H]54)c3)CC2)C1. The van der Waals surface area contributed by atoms with Crippen LogP contribution < -0.4 is 38.8 Å². The molecular formula is C64H78N10O11S. The molecule has 5 aliphatic heterocycles. The van der Waals surface area contributed by atoms with Gasteiger partial charge in [0, 0.05) is 99.1 Å². The number of rotatable bonds is 15. The highest BCUT2D eigenvalue weighted by molar-refractivity contribution is 7.90. The molecule has 4 N–H and O–H groups in total. The molecule has 21 nitrogen and oxygen atoms in total. The standard InChI is InChI=1S/C64H78N10O11S/c1-40(2)83-55-9-7-6-8-47(55)54-37-70(36-43-17-24-66-61-57(43)82-39-62(3,4)85-61)27-28-72(54)45-33-64(34-45)21-25-71(26-22-64)44-10-12-48(51(31-44)73-50-18-29-81-38-56(50)84-60-53(73)30-42-16-23-65-58(42)68-60)59(75)69-86(79,80)46-11-13-49(52(32-46)74(77)78)67-35-41-14-19-63(5,76)20-15-41/h6-13,16-17,23-24,30-32,40-41,45,50,54,56,67,76H,14-15,18-22,25-29,33-39H2,1-5H3,(H,65,68)(H,69,75)/t41-,50-,54+,56-,63-/m0/s1.